The highest BCUT2D eigenvalue weighted by Gasteiger charge is 2.42. The number of carbonyl (C=O) groups excluding carboxylic acids is 2. The maximum absolute atomic E-state index is 13.5. The first-order valence-electron chi connectivity index (χ1n) is 9.36. The fraction of sp³-hybridized carbons (Fsp3) is 0.130. The SMILES string of the molecule is COc1ccc(OC)c(N2C(=O)C(Nc3ccc(Cl)cc3C)=C(c3cccs3)C2=O)c1. The Morgan fingerprint density at radius 2 is 1.81 bits per heavy atom. The summed E-state index contributed by atoms with van der Waals surface area (Å²) in [5, 5.41) is 5.62. The topological polar surface area (TPSA) is 67.9 Å². The summed E-state index contributed by atoms with van der Waals surface area (Å²) in [6.45, 7) is 1.88. The third-order valence-corrected chi connectivity index (χ3v) is 6.05. The number of thiophene rings is 1. The molecule has 158 valence electrons. The number of ether oxygens (including phenoxy) is 2. The molecule has 0 atom stereocenters. The monoisotopic (exact) mass is 454 g/mol. The van der Waals surface area contributed by atoms with Gasteiger partial charge in [-0.25, -0.2) is 4.90 Å². The van der Waals surface area contributed by atoms with E-state index in [2.05, 4.69) is 5.32 Å². The molecule has 0 radical (unpaired) electrons. The molecule has 0 spiro atoms. The highest BCUT2D eigenvalue weighted by molar-refractivity contribution is 7.11. The lowest BCUT2D eigenvalue weighted by Gasteiger charge is -2.19. The number of nitrogens with zero attached hydrogens (tertiary/aromatic N) is 1. The van der Waals surface area contributed by atoms with Crippen molar-refractivity contribution >= 4 is 51.7 Å². The molecule has 1 aliphatic heterocycles. The van der Waals surface area contributed by atoms with E-state index in [1.807, 2.05) is 24.4 Å². The summed E-state index contributed by atoms with van der Waals surface area (Å²) < 4.78 is 10.7. The van der Waals surface area contributed by atoms with Gasteiger partial charge >= 0.3 is 0 Å². The minimum absolute atomic E-state index is 0.197. The number of hydrogen-bond acceptors (Lipinski definition) is 6. The van der Waals surface area contributed by atoms with Crippen LogP contribution in [0.4, 0.5) is 11.4 Å². The van der Waals surface area contributed by atoms with Crippen molar-refractivity contribution in [2.24, 2.45) is 0 Å². The van der Waals surface area contributed by atoms with Crippen LogP contribution in [-0.4, -0.2) is 26.0 Å². The molecule has 3 aromatic rings. The molecule has 31 heavy (non-hydrogen) atoms. The Kier molecular flexibility index (Phi) is 5.71. The van der Waals surface area contributed by atoms with Crippen molar-refractivity contribution in [1.82, 2.24) is 0 Å². The second kappa shape index (κ2) is 8.45. The Hall–Kier alpha value is -3.29. The van der Waals surface area contributed by atoms with Gasteiger partial charge in [-0.05, 0) is 54.3 Å². The molecule has 8 heteroatoms. The zero-order valence-electron chi connectivity index (χ0n) is 17.1. The van der Waals surface area contributed by atoms with E-state index in [4.69, 9.17) is 21.1 Å². The number of anilines is 2. The van der Waals surface area contributed by atoms with Crippen LogP contribution in [0.2, 0.25) is 5.02 Å². The minimum atomic E-state index is -0.477. The molecule has 1 aliphatic rings. The van der Waals surface area contributed by atoms with Crippen LogP contribution >= 0.6 is 22.9 Å². The van der Waals surface area contributed by atoms with Crippen LogP contribution in [0.25, 0.3) is 5.57 Å². The molecule has 0 bridgehead atoms. The summed E-state index contributed by atoms with van der Waals surface area (Å²) in [7, 11) is 3.00. The molecular weight excluding hydrogens is 436 g/mol. The number of rotatable bonds is 6. The minimum Gasteiger partial charge on any atom is -0.497 e. The zero-order chi connectivity index (χ0) is 22.1. The van der Waals surface area contributed by atoms with E-state index in [1.54, 1.807) is 36.4 Å². The third kappa shape index (κ3) is 3.78. The van der Waals surface area contributed by atoms with Gasteiger partial charge < -0.3 is 14.8 Å². The molecule has 0 unspecified atom stereocenters. The van der Waals surface area contributed by atoms with Crippen molar-refractivity contribution in [2.45, 2.75) is 6.92 Å². The van der Waals surface area contributed by atoms with E-state index < -0.39 is 11.8 Å². The van der Waals surface area contributed by atoms with Crippen LogP contribution < -0.4 is 19.7 Å². The molecular formula is C23H19ClN2O4S. The second-order valence-corrected chi connectivity index (χ2v) is 8.18. The summed E-state index contributed by atoms with van der Waals surface area (Å²) in [5.41, 5.74) is 2.36. The summed E-state index contributed by atoms with van der Waals surface area (Å²) in [6.07, 6.45) is 0. The Labute approximate surface area is 188 Å². The average molecular weight is 455 g/mol. The molecule has 4 rings (SSSR count). The summed E-state index contributed by atoms with van der Waals surface area (Å²) in [4.78, 5) is 28.9. The van der Waals surface area contributed by atoms with Gasteiger partial charge in [-0.3, -0.25) is 9.59 Å². The first kappa shape index (κ1) is 21.0. The molecule has 6 nitrogen and oxygen atoms in total. The second-order valence-electron chi connectivity index (χ2n) is 6.80. The van der Waals surface area contributed by atoms with E-state index in [9.17, 15) is 9.59 Å². The lowest BCUT2D eigenvalue weighted by molar-refractivity contribution is -0.120. The van der Waals surface area contributed by atoms with E-state index >= 15 is 0 Å². The molecule has 2 heterocycles. The van der Waals surface area contributed by atoms with Gasteiger partial charge in [-0.15, -0.1) is 11.3 Å². The maximum atomic E-state index is 13.5. The lowest BCUT2D eigenvalue weighted by atomic mass is 10.1. The van der Waals surface area contributed by atoms with Crippen molar-refractivity contribution in [3.8, 4) is 11.5 Å². The highest BCUT2D eigenvalue weighted by atomic mass is 35.5. The number of benzene rings is 2. The van der Waals surface area contributed by atoms with E-state index in [0.717, 1.165) is 10.5 Å². The highest BCUT2D eigenvalue weighted by Crippen LogP contribution is 2.40. The number of hydrogen-bond donors (Lipinski definition) is 1. The number of imide groups is 1. The fourth-order valence-electron chi connectivity index (χ4n) is 3.39. The van der Waals surface area contributed by atoms with Crippen molar-refractivity contribution in [3.63, 3.8) is 0 Å². The molecule has 1 N–H and O–H groups in total. The van der Waals surface area contributed by atoms with Gasteiger partial charge in [0.05, 0.1) is 25.5 Å². The average Bonchev–Trinajstić information content (AvgIpc) is 3.36. The zero-order valence-corrected chi connectivity index (χ0v) is 18.6. The van der Waals surface area contributed by atoms with Crippen molar-refractivity contribution < 1.29 is 19.1 Å². The van der Waals surface area contributed by atoms with E-state index in [0.29, 0.717) is 38.3 Å². The fourth-order valence-corrected chi connectivity index (χ4v) is 4.38. The predicted molar refractivity (Wildman–Crippen MR) is 123 cm³/mol. The molecule has 2 aromatic carbocycles. The van der Waals surface area contributed by atoms with Crippen LogP contribution in [0.3, 0.4) is 0 Å². The van der Waals surface area contributed by atoms with Gasteiger partial charge in [0.2, 0.25) is 0 Å². The Morgan fingerprint density at radius 3 is 2.45 bits per heavy atom. The van der Waals surface area contributed by atoms with Gasteiger partial charge in [-0.1, -0.05) is 17.7 Å². The number of nitrogens with one attached hydrogen (secondary N) is 1. The Balaban J connectivity index is 1.84. The Morgan fingerprint density at radius 1 is 1.00 bits per heavy atom. The molecule has 2 amide bonds. The van der Waals surface area contributed by atoms with Crippen molar-refractivity contribution in [1.29, 1.82) is 0 Å². The number of aryl methyl sites for hydroxylation is 1. The third-order valence-electron chi connectivity index (χ3n) is 4.93. The molecule has 0 saturated carbocycles. The van der Waals surface area contributed by atoms with Crippen LogP contribution in [0.1, 0.15) is 10.4 Å². The number of halogens is 1. The van der Waals surface area contributed by atoms with Crippen molar-refractivity contribution in [3.05, 3.63) is 75.1 Å². The molecule has 1 aromatic heterocycles. The van der Waals surface area contributed by atoms with Gasteiger partial charge in [0, 0.05) is 21.7 Å². The van der Waals surface area contributed by atoms with Crippen LogP contribution in [0.15, 0.2) is 59.6 Å². The number of amides is 2. The van der Waals surface area contributed by atoms with Crippen LogP contribution in [0, 0.1) is 6.92 Å². The maximum Gasteiger partial charge on any atom is 0.282 e. The predicted octanol–water partition coefficient (Wildman–Crippen LogP) is 5.12. The largest absolute Gasteiger partial charge is 0.497 e. The van der Waals surface area contributed by atoms with Gasteiger partial charge in [0.25, 0.3) is 11.8 Å². The lowest BCUT2D eigenvalue weighted by Crippen LogP contribution is -2.32. The molecule has 0 fully saturated rings. The normalized spacial score (nSPS) is 13.7. The first-order valence-corrected chi connectivity index (χ1v) is 10.6. The van der Waals surface area contributed by atoms with E-state index in [-0.39, 0.29) is 5.70 Å². The first-order chi connectivity index (χ1) is 14.9. The van der Waals surface area contributed by atoms with Gasteiger partial charge in [0.15, 0.2) is 0 Å². The standard InChI is InChI=1S/C23H19ClN2O4S/c1-13-11-14(24)6-8-16(13)25-21-20(19-5-4-10-31-19)22(27)26(23(21)28)17-12-15(29-2)7-9-18(17)30-3/h4-12,25H,1-3H3. The number of carbonyl (C=O) groups is 2. The quantitative estimate of drug-likeness (QED) is 0.523. The van der Waals surface area contributed by atoms with E-state index in [1.165, 1.54) is 25.6 Å². The summed E-state index contributed by atoms with van der Waals surface area (Å²) in [5.74, 6) is -0.0246. The Bertz CT molecular complexity index is 1200. The summed E-state index contributed by atoms with van der Waals surface area (Å²) in [6, 6.07) is 13.9. The smallest absolute Gasteiger partial charge is 0.282 e. The van der Waals surface area contributed by atoms with Gasteiger partial charge in [-0.2, -0.15) is 0 Å². The van der Waals surface area contributed by atoms with Crippen LogP contribution in [0.5, 0.6) is 11.5 Å². The van der Waals surface area contributed by atoms with Gasteiger partial charge in [0.1, 0.15) is 17.2 Å². The molecule has 0 saturated heterocycles. The summed E-state index contributed by atoms with van der Waals surface area (Å²) >= 11 is 7.45. The van der Waals surface area contributed by atoms with Crippen LogP contribution in [-0.2, 0) is 9.59 Å². The molecule has 0 aliphatic carbocycles. The number of methoxy groups -OCH3 is 2. The van der Waals surface area contributed by atoms with Crippen molar-refractivity contribution in [2.75, 3.05) is 24.4 Å².